The van der Waals surface area contributed by atoms with Crippen LogP contribution in [0.2, 0.25) is 5.15 Å². The Morgan fingerprint density at radius 1 is 0.905 bits per heavy atom. The molecule has 21 heavy (non-hydrogen) atoms. The maximum atomic E-state index is 5.98. The number of anilines is 2. The minimum Gasteiger partial charge on any atom is -0.340 e. The molecule has 0 bridgehead atoms. The van der Waals surface area contributed by atoms with Gasteiger partial charge in [0.25, 0.3) is 0 Å². The Kier molecular flexibility index (Phi) is 3.84. The van der Waals surface area contributed by atoms with E-state index in [-0.39, 0.29) is 0 Å². The van der Waals surface area contributed by atoms with Gasteiger partial charge in [-0.15, -0.1) is 0 Å². The maximum Gasteiger partial charge on any atom is 0.135 e. The molecule has 0 spiro atoms. The molecule has 1 heterocycles. The van der Waals surface area contributed by atoms with Gasteiger partial charge in [0.15, 0.2) is 0 Å². The standard InChI is InChI=1S/C17H14ClN3/c1-12-19-16(18)11-17(20-12)21-15-10-6-5-9-14(15)13-7-3-2-4-8-13/h2-11H,1H3,(H,19,20,21). The molecule has 1 N–H and O–H groups in total. The predicted octanol–water partition coefficient (Wildman–Crippen LogP) is 4.85. The van der Waals surface area contributed by atoms with Crippen LogP contribution in [0.1, 0.15) is 5.82 Å². The lowest BCUT2D eigenvalue weighted by Gasteiger charge is -2.12. The van der Waals surface area contributed by atoms with Crippen LogP contribution in [-0.2, 0) is 0 Å². The zero-order chi connectivity index (χ0) is 14.7. The minimum atomic E-state index is 0.433. The molecule has 0 fully saturated rings. The maximum absolute atomic E-state index is 5.98. The van der Waals surface area contributed by atoms with Gasteiger partial charge >= 0.3 is 0 Å². The molecule has 0 unspecified atom stereocenters. The molecule has 1 aromatic heterocycles. The van der Waals surface area contributed by atoms with Crippen LogP contribution in [-0.4, -0.2) is 9.97 Å². The summed E-state index contributed by atoms with van der Waals surface area (Å²) in [6, 6.07) is 20.0. The molecular formula is C17H14ClN3. The molecule has 3 aromatic rings. The molecule has 0 aliphatic heterocycles. The number of hydrogen-bond donors (Lipinski definition) is 1. The summed E-state index contributed by atoms with van der Waals surface area (Å²) in [6.45, 7) is 1.82. The van der Waals surface area contributed by atoms with Gasteiger partial charge in [-0.2, -0.15) is 0 Å². The Balaban J connectivity index is 2.00. The van der Waals surface area contributed by atoms with E-state index in [1.54, 1.807) is 6.07 Å². The second-order valence-corrected chi connectivity index (χ2v) is 5.05. The summed E-state index contributed by atoms with van der Waals surface area (Å²) in [5.74, 6) is 1.33. The molecule has 0 saturated carbocycles. The first-order valence-electron chi connectivity index (χ1n) is 6.65. The van der Waals surface area contributed by atoms with Gasteiger partial charge in [0.1, 0.15) is 16.8 Å². The van der Waals surface area contributed by atoms with Crippen molar-refractivity contribution in [1.29, 1.82) is 0 Å². The van der Waals surface area contributed by atoms with Crippen molar-refractivity contribution < 1.29 is 0 Å². The van der Waals surface area contributed by atoms with Gasteiger partial charge in [-0.25, -0.2) is 9.97 Å². The number of nitrogens with zero attached hydrogens (tertiary/aromatic N) is 2. The molecule has 3 rings (SSSR count). The average Bonchev–Trinajstić information content (AvgIpc) is 2.48. The molecule has 0 saturated heterocycles. The van der Waals surface area contributed by atoms with E-state index in [2.05, 4.69) is 33.5 Å². The van der Waals surface area contributed by atoms with Crippen molar-refractivity contribution in [3.63, 3.8) is 0 Å². The number of rotatable bonds is 3. The Labute approximate surface area is 128 Å². The van der Waals surface area contributed by atoms with E-state index in [1.807, 2.05) is 43.3 Å². The van der Waals surface area contributed by atoms with Gasteiger partial charge in [0.05, 0.1) is 0 Å². The zero-order valence-corrected chi connectivity index (χ0v) is 12.3. The fourth-order valence-corrected chi connectivity index (χ4v) is 2.42. The van der Waals surface area contributed by atoms with E-state index in [0.29, 0.717) is 16.8 Å². The highest BCUT2D eigenvalue weighted by atomic mass is 35.5. The Morgan fingerprint density at radius 3 is 2.38 bits per heavy atom. The Morgan fingerprint density at radius 2 is 1.62 bits per heavy atom. The van der Waals surface area contributed by atoms with Crippen LogP contribution >= 0.6 is 11.6 Å². The van der Waals surface area contributed by atoms with Gasteiger partial charge < -0.3 is 5.32 Å². The zero-order valence-electron chi connectivity index (χ0n) is 11.5. The molecular weight excluding hydrogens is 282 g/mol. The molecule has 0 atom stereocenters. The molecule has 4 heteroatoms. The molecule has 0 radical (unpaired) electrons. The van der Waals surface area contributed by atoms with E-state index in [4.69, 9.17) is 11.6 Å². The first-order chi connectivity index (χ1) is 10.2. The van der Waals surface area contributed by atoms with Gasteiger partial charge in [-0.05, 0) is 18.6 Å². The van der Waals surface area contributed by atoms with Crippen LogP contribution in [0.15, 0.2) is 60.7 Å². The van der Waals surface area contributed by atoms with Crippen molar-refractivity contribution in [2.75, 3.05) is 5.32 Å². The van der Waals surface area contributed by atoms with E-state index in [1.165, 1.54) is 0 Å². The smallest absolute Gasteiger partial charge is 0.135 e. The van der Waals surface area contributed by atoms with E-state index in [0.717, 1.165) is 16.8 Å². The first kappa shape index (κ1) is 13.6. The fraction of sp³-hybridized carbons (Fsp3) is 0.0588. The molecule has 0 aliphatic rings. The van der Waals surface area contributed by atoms with Crippen molar-refractivity contribution in [1.82, 2.24) is 9.97 Å². The number of halogens is 1. The van der Waals surface area contributed by atoms with Gasteiger partial charge in [0.2, 0.25) is 0 Å². The summed E-state index contributed by atoms with van der Waals surface area (Å²) < 4.78 is 0. The van der Waals surface area contributed by atoms with Crippen LogP contribution in [0, 0.1) is 6.92 Å². The first-order valence-corrected chi connectivity index (χ1v) is 7.03. The lowest BCUT2D eigenvalue weighted by molar-refractivity contribution is 1.06. The van der Waals surface area contributed by atoms with Crippen LogP contribution in [0.5, 0.6) is 0 Å². The van der Waals surface area contributed by atoms with Crippen LogP contribution in [0.3, 0.4) is 0 Å². The van der Waals surface area contributed by atoms with Crippen molar-refractivity contribution in [3.8, 4) is 11.1 Å². The largest absolute Gasteiger partial charge is 0.340 e. The van der Waals surface area contributed by atoms with Crippen LogP contribution < -0.4 is 5.32 Å². The monoisotopic (exact) mass is 295 g/mol. The molecule has 104 valence electrons. The Hall–Kier alpha value is -2.39. The summed E-state index contributed by atoms with van der Waals surface area (Å²) in [7, 11) is 0. The molecule has 3 nitrogen and oxygen atoms in total. The van der Waals surface area contributed by atoms with Crippen molar-refractivity contribution in [2.24, 2.45) is 0 Å². The van der Waals surface area contributed by atoms with Gasteiger partial charge in [0, 0.05) is 17.3 Å². The van der Waals surface area contributed by atoms with Crippen molar-refractivity contribution >= 4 is 23.1 Å². The second-order valence-electron chi connectivity index (χ2n) is 4.66. The van der Waals surface area contributed by atoms with E-state index < -0.39 is 0 Å². The summed E-state index contributed by atoms with van der Waals surface area (Å²) in [5.41, 5.74) is 3.25. The number of aromatic nitrogens is 2. The number of benzene rings is 2. The highest BCUT2D eigenvalue weighted by molar-refractivity contribution is 6.29. The average molecular weight is 296 g/mol. The molecule has 2 aromatic carbocycles. The quantitative estimate of drug-likeness (QED) is 0.702. The Bertz CT molecular complexity index is 737. The highest BCUT2D eigenvalue weighted by Gasteiger charge is 2.06. The second kappa shape index (κ2) is 5.94. The molecule has 0 aliphatic carbocycles. The van der Waals surface area contributed by atoms with Gasteiger partial charge in [-0.3, -0.25) is 0 Å². The lowest BCUT2D eigenvalue weighted by atomic mass is 10.0. The normalized spacial score (nSPS) is 10.4. The van der Waals surface area contributed by atoms with Crippen LogP contribution in [0.25, 0.3) is 11.1 Å². The number of aryl methyl sites for hydroxylation is 1. The van der Waals surface area contributed by atoms with Gasteiger partial charge in [-0.1, -0.05) is 60.1 Å². The van der Waals surface area contributed by atoms with Crippen LogP contribution in [0.4, 0.5) is 11.5 Å². The SMILES string of the molecule is Cc1nc(Cl)cc(Nc2ccccc2-c2ccccc2)n1. The molecule has 0 amide bonds. The third-order valence-corrected chi connectivity index (χ3v) is 3.27. The van der Waals surface area contributed by atoms with Crippen molar-refractivity contribution in [2.45, 2.75) is 6.92 Å². The highest BCUT2D eigenvalue weighted by Crippen LogP contribution is 2.29. The minimum absolute atomic E-state index is 0.433. The summed E-state index contributed by atoms with van der Waals surface area (Å²) in [5, 5.41) is 3.75. The number of hydrogen-bond acceptors (Lipinski definition) is 3. The lowest BCUT2D eigenvalue weighted by Crippen LogP contribution is -1.98. The van der Waals surface area contributed by atoms with E-state index >= 15 is 0 Å². The number of nitrogens with one attached hydrogen (secondary N) is 1. The van der Waals surface area contributed by atoms with Crippen molar-refractivity contribution in [3.05, 3.63) is 71.6 Å². The van der Waals surface area contributed by atoms with E-state index in [9.17, 15) is 0 Å². The predicted molar refractivity (Wildman–Crippen MR) is 86.9 cm³/mol. The summed E-state index contributed by atoms with van der Waals surface area (Å²) in [4.78, 5) is 8.43. The summed E-state index contributed by atoms with van der Waals surface area (Å²) in [6.07, 6.45) is 0. The third kappa shape index (κ3) is 3.20. The summed E-state index contributed by atoms with van der Waals surface area (Å²) >= 11 is 5.98. The third-order valence-electron chi connectivity index (χ3n) is 3.08. The number of para-hydroxylation sites is 1. The fourth-order valence-electron chi connectivity index (χ4n) is 2.19. The topological polar surface area (TPSA) is 37.8 Å².